The summed E-state index contributed by atoms with van der Waals surface area (Å²) in [5.41, 5.74) is 0.952. The highest BCUT2D eigenvalue weighted by molar-refractivity contribution is 7.89. The number of piperidine rings is 1. The second kappa shape index (κ2) is 5.38. The van der Waals surface area contributed by atoms with Crippen molar-refractivity contribution in [3.05, 3.63) is 29.8 Å². The van der Waals surface area contributed by atoms with Gasteiger partial charge in [0.1, 0.15) is 0 Å². The third-order valence-electron chi connectivity index (χ3n) is 3.19. The smallest absolute Gasteiger partial charge is 0.240 e. The molecule has 0 aliphatic carbocycles. The van der Waals surface area contributed by atoms with Crippen molar-refractivity contribution in [2.24, 2.45) is 5.92 Å². The lowest BCUT2D eigenvalue weighted by atomic mass is 9.99. The van der Waals surface area contributed by atoms with Crippen LogP contribution < -0.4 is 10.0 Å². The van der Waals surface area contributed by atoms with E-state index >= 15 is 0 Å². The van der Waals surface area contributed by atoms with E-state index in [0.29, 0.717) is 17.4 Å². The van der Waals surface area contributed by atoms with Crippen LogP contribution in [0.1, 0.15) is 18.9 Å². The SMILES string of the molecule is Cc1cccc(S(=O)(=O)NC2CNCC(C)C2)c1. The van der Waals surface area contributed by atoms with Gasteiger partial charge in [0.25, 0.3) is 0 Å². The van der Waals surface area contributed by atoms with Crippen molar-refractivity contribution in [3.8, 4) is 0 Å². The van der Waals surface area contributed by atoms with E-state index in [1.807, 2.05) is 13.0 Å². The molecule has 0 aromatic heterocycles. The highest BCUT2D eigenvalue weighted by atomic mass is 32.2. The Morgan fingerprint density at radius 1 is 1.33 bits per heavy atom. The molecule has 5 heteroatoms. The van der Waals surface area contributed by atoms with Crippen LogP contribution in [0.3, 0.4) is 0 Å². The molecule has 18 heavy (non-hydrogen) atoms. The molecule has 1 heterocycles. The van der Waals surface area contributed by atoms with E-state index in [1.165, 1.54) is 0 Å². The monoisotopic (exact) mass is 268 g/mol. The molecule has 100 valence electrons. The average Bonchev–Trinajstić information content (AvgIpc) is 2.28. The van der Waals surface area contributed by atoms with Gasteiger partial charge in [0.2, 0.25) is 10.0 Å². The molecular formula is C13H20N2O2S. The van der Waals surface area contributed by atoms with Crippen LogP contribution >= 0.6 is 0 Å². The zero-order valence-corrected chi connectivity index (χ0v) is 11.6. The maximum atomic E-state index is 12.2. The molecular weight excluding hydrogens is 248 g/mol. The molecule has 0 spiro atoms. The van der Waals surface area contributed by atoms with Crippen molar-refractivity contribution < 1.29 is 8.42 Å². The van der Waals surface area contributed by atoms with Crippen molar-refractivity contribution in [1.82, 2.24) is 10.0 Å². The number of nitrogens with one attached hydrogen (secondary N) is 2. The van der Waals surface area contributed by atoms with Gasteiger partial charge in [0, 0.05) is 12.6 Å². The maximum absolute atomic E-state index is 12.2. The Kier molecular flexibility index (Phi) is 4.04. The molecule has 2 rings (SSSR count). The average molecular weight is 268 g/mol. The highest BCUT2D eigenvalue weighted by Crippen LogP contribution is 2.15. The van der Waals surface area contributed by atoms with Crippen LogP contribution in [-0.2, 0) is 10.0 Å². The summed E-state index contributed by atoms with van der Waals surface area (Å²) >= 11 is 0. The van der Waals surface area contributed by atoms with E-state index < -0.39 is 10.0 Å². The molecule has 1 aromatic rings. The van der Waals surface area contributed by atoms with Crippen LogP contribution in [0.25, 0.3) is 0 Å². The van der Waals surface area contributed by atoms with Crippen molar-refractivity contribution in [2.75, 3.05) is 13.1 Å². The third-order valence-corrected chi connectivity index (χ3v) is 4.71. The zero-order chi connectivity index (χ0) is 13.2. The Morgan fingerprint density at radius 3 is 2.78 bits per heavy atom. The summed E-state index contributed by atoms with van der Waals surface area (Å²) < 4.78 is 27.2. The van der Waals surface area contributed by atoms with E-state index in [0.717, 1.165) is 18.5 Å². The topological polar surface area (TPSA) is 58.2 Å². The summed E-state index contributed by atoms with van der Waals surface area (Å²) in [6.07, 6.45) is 0.887. The van der Waals surface area contributed by atoms with Gasteiger partial charge in [-0.3, -0.25) is 0 Å². The first-order valence-electron chi connectivity index (χ1n) is 6.27. The van der Waals surface area contributed by atoms with Gasteiger partial charge in [0.15, 0.2) is 0 Å². The van der Waals surface area contributed by atoms with Crippen LogP contribution in [0.2, 0.25) is 0 Å². The number of sulfonamides is 1. The minimum Gasteiger partial charge on any atom is -0.315 e. The van der Waals surface area contributed by atoms with E-state index in [9.17, 15) is 8.42 Å². The van der Waals surface area contributed by atoms with Gasteiger partial charge in [0.05, 0.1) is 4.90 Å². The van der Waals surface area contributed by atoms with Gasteiger partial charge in [-0.25, -0.2) is 13.1 Å². The van der Waals surface area contributed by atoms with Gasteiger partial charge in [-0.1, -0.05) is 19.1 Å². The Hall–Kier alpha value is -0.910. The molecule has 1 aliphatic rings. The first-order chi connectivity index (χ1) is 8.47. The highest BCUT2D eigenvalue weighted by Gasteiger charge is 2.24. The molecule has 2 atom stereocenters. The Balaban J connectivity index is 2.12. The lowest BCUT2D eigenvalue weighted by Crippen LogP contribution is -2.48. The summed E-state index contributed by atoms with van der Waals surface area (Å²) in [6, 6.07) is 6.98. The fraction of sp³-hybridized carbons (Fsp3) is 0.538. The number of benzene rings is 1. The first-order valence-corrected chi connectivity index (χ1v) is 7.75. The van der Waals surface area contributed by atoms with Gasteiger partial charge < -0.3 is 5.32 Å². The largest absolute Gasteiger partial charge is 0.315 e. The standard InChI is InChI=1S/C13H20N2O2S/c1-10-4-3-5-13(7-10)18(16,17)15-12-6-11(2)8-14-9-12/h3-5,7,11-12,14-15H,6,8-9H2,1-2H3. The van der Waals surface area contributed by atoms with E-state index in [1.54, 1.807) is 18.2 Å². The van der Waals surface area contributed by atoms with Crippen LogP contribution in [0, 0.1) is 12.8 Å². The summed E-state index contributed by atoms with van der Waals surface area (Å²) in [4.78, 5) is 0.348. The maximum Gasteiger partial charge on any atom is 0.240 e. The van der Waals surface area contributed by atoms with Crippen molar-refractivity contribution in [1.29, 1.82) is 0 Å². The Labute approximate surface area is 109 Å². The van der Waals surface area contributed by atoms with Gasteiger partial charge in [-0.05, 0) is 43.5 Å². The second-order valence-electron chi connectivity index (χ2n) is 5.13. The Morgan fingerprint density at radius 2 is 2.11 bits per heavy atom. The van der Waals surface area contributed by atoms with Gasteiger partial charge in [-0.15, -0.1) is 0 Å². The Bertz CT molecular complexity index is 513. The molecule has 2 N–H and O–H groups in total. The summed E-state index contributed by atoms with van der Waals surface area (Å²) in [7, 11) is -3.40. The van der Waals surface area contributed by atoms with Crippen LogP contribution in [-0.4, -0.2) is 27.5 Å². The van der Waals surface area contributed by atoms with Crippen molar-refractivity contribution in [3.63, 3.8) is 0 Å². The number of rotatable bonds is 3. The molecule has 1 aliphatic heterocycles. The van der Waals surface area contributed by atoms with Crippen LogP contribution in [0.4, 0.5) is 0 Å². The minimum atomic E-state index is -3.40. The lowest BCUT2D eigenvalue weighted by Gasteiger charge is -2.28. The van der Waals surface area contributed by atoms with Gasteiger partial charge >= 0.3 is 0 Å². The molecule has 0 saturated carbocycles. The molecule has 0 radical (unpaired) electrons. The van der Waals surface area contributed by atoms with Crippen molar-refractivity contribution >= 4 is 10.0 Å². The zero-order valence-electron chi connectivity index (χ0n) is 10.8. The minimum absolute atomic E-state index is 0.0146. The summed E-state index contributed by atoms with van der Waals surface area (Å²) in [6.45, 7) is 5.68. The fourth-order valence-electron chi connectivity index (χ4n) is 2.32. The molecule has 0 bridgehead atoms. The predicted molar refractivity (Wildman–Crippen MR) is 71.9 cm³/mol. The number of hydrogen-bond donors (Lipinski definition) is 2. The van der Waals surface area contributed by atoms with Crippen LogP contribution in [0.5, 0.6) is 0 Å². The summed E-state index contributed by atoms with van der Waals surface area (Å²) in [5, 5.41) is 3.24. The normalized spacial score (nSPS) is 25.0. The number of aryl methyl sites for hydroxylation is 1. The van der Waals surface area contributed by atoms with E-state index in [2.05, 4.69) is 17.0 Å². The molecule has 1 fully saturated rings. The lowest BCUT2D eigenvalue weighted by molar-refractivity contribution is 0.346. The second-order valence-corrected chi connectivity index (χ2v) is 6.85. The molecule has 4 nitrogen and oxygen atoms in total. The summed E-state index contributed by atoms with van der Waals surface area (Å²) in [5.74, 6) is 0.504. The predicted octanol–water partition coefficient (Wildman–Crippen LogP) is 1.27. The molecule has 2 unspecified atom stereocenters. The molecule has 0 amide bonds. The fourth-order valence-corrected chi connectivity index (χ4v) is 3.67. The van der Waals surface area contributed by atoms with E-state index in [-0.39, 0.29) is 6.04 Å². The molecule has 1 aromatic carbocycles. The number of hydrogen-bond acceptors (Lipinski definition) is 3. The third kappa shape index (κ3) is 3.31. The first kappa shape index (κ1) is 13.5. The molecule has 1 saturated heterocycles. The quantitative estimate of drug-likeness (QED) is 0.868. The van der Waals surface area contributed by atoms with Gasteiger partial charge in [-0.2, -0.15) is 0 Å². The van der Waals surface area contributed by atoms with Crippen molar-refractivity contribution in [2.45, 2.75) is 31.2 Å². The van der Waals surface area contributed by atoms with Crippen LogP contribution in [0.15, 0.2) is 29.2 Å². The van der Waals surface area contributed by atoms with E-state index in [4.69, 9.17) is 0 Å².